The van der Waals surface area contributed by atoms with Crippen molar-refractivity contribution < 1.29 is 9.53 Å². The van der Waals surface area contributed by atoms with E-state index in [-0.39, 0.29) is 11.5 Å². The zero-order valence-corrected chi connectivity index (χ0v) is 11.6. The molecule has 1 N–H and O–H groups in total. The lowest BCUT2D eigenvalue weighted by molar-refractivity contribution is -0.0440. The lowest BCUT2D eigenvalue weighted by atomic mass is 9.94. The largest absolute Gasteiger partial charge is 0.377 e. The Hall–Kier alpha value is -2.02. The third kappa shape index (κ3) is 2.24. The van der Waals surface area contributed by atoms with Gasteiger partial charge in [0.15, 0.2) is 0 Å². The second-order valence-corrected chi connectivity index (χ2v) is 5.37. The van der Waals surface area contributed by atoms with Gasteiger partial charge in [0.1, 0.15) is 5.52 Å². The number of ether oxygens (including phenoxy) is 1. The van der Waals surface area contributed by atoms with Crippen LogP contribution in [0.25, 0.3) is 11.2 Å². The zero-order chi connectivity index (χ0) is 14.2. The number of hydrogen-bond donors (Lipinski definition) is 1. The van der Waals surface area contributed by atoms with Gasteiger partial charge in [0.2, 0.25) is 5.65 Å². The predicted octanol–water partition coefficient (Wildman–Crippen LogP) is 0.994. The normalized spacial score (nSPS) is 23.2. The minimum Gasteiger partial charge on any atom is -0.377 e. The first kappa shape index (κ1) is 13.0. The van der Waals surface area contributed by atoms with E-state index in [0.29, 0.717) is 23.3 Å². The monoisotopic (exact) mass is 275 g/mol. The molecule has 0 spiro atoms. The summed E-state index contributed by atoms with van der Waals surface area (Å²) < 4.78 is 5.52. The first-order chi connectivity index (χ1) is 9.61. The third-order valence-corrected chi connectivity index (χ3v) is 3.86. The van der Waals surface area contributed by atoms with Gasteiger partial charge in [0.25, 0.3) is 5.91 Å². The third-order valence-electron chi connectivity index (χ3n) is 3.86. The molecule has 0 aliphatic carbocycles. The van der Waals surface area contributed by atoms with Crippen molar-refractivity contribution in [3.05, 3.63) is 17.8 Å². The molecule has 106 valence electrons. The highest BCUT2D eigenvalue weighted by molar-refractivity contribution is 5.96. The van der Waals surface area contributed by atoms with Crippen molar-refractivity contribution in [1.29, 1.82) is 0 Å². The van der Waals surface area contributed by atoms with Gasteiger partial charge in [-0.2, -0.15) is 10.3 Å². The molecule has 7 heteroatoms. The molecular formula is C13H17N5O2. The van der Waals surface area contributed by atoms with E-state index in [1.54, 1.807) is 19.4 Å². The van der Waals surface area contributed by atoms with Crippen LogP contribution in [0.15, 0.2) is 12.3 Å². The standard InChI is InChI=1S/C13H17N5O2/c1-13(20-2)4-3-5-18(8-13)12(19)9-6-10-11(14-7-9)16-17-15-10/h6-7H,3-5,8H2,1-2H3,(H,14,15,16,17). The van der Waals surface area contributed by atoms with Crippen LogP contribution in [0.5, 0.6) is 0 Å². The number of aromatic nitrogens is 4. The van der Waals surface area contributed by atoms with Gasteiger partial charge in [-0.1, -0.05) is 0 Å². The van der Waals surface area contributed by atoms with Gasteiger partial charge in [-0.05, 0) is 25.8 Å². The molecule has 1 fully saturated rings. The lowest BCUT2D eigenvalue weighted by Gasteiger charge is -2.39. The summed E-state index contributed by atoms with van der Waals surface area (Å²) in [5.74, 6) is -0.0367. The van der Waals surface area contributed by atoms with Crippen molar-refractivity contribution in [1.82, 2.24) is 25.3 Å². The number of carbonyl (C=O) groups excluding carboxylic acids is 1. The molecule has 0 bridgehead atoms. The van der Waals surface area contributed by atoms with Crippen LogP contribution < -0.4 is 0 Å². The predicted molar refractivity (Wildman–Crippen MR) is 72.2 cm³/mol. The molecule has 1 aliphatic heterocycles. The molecule has 2 aromatic rings. The van der Waals surface area contributed by atoms with E-state index in [0.717, 1.165) is 19.4 Å². The minimum atomic E-state index is -0.265. The fraction of sp³-hybridized carbons (Fsp3) is 0.538. The first-order valence-electron chi connectivity index (χ1n) is 6.62. The van der Waals surface area contributed by atoms with E-state index in [2.05, 4.69) is 20.4 Å². The SMILES string of the molecule is COC1(C)CCCN(C(=O)c2cnc3n[nH]nc3c2)C1. The summed E-state index contributed by atoms with van der Waals surface area (Å²) in [5, 5.41) is 10.3. The molecule has 2 aromatic heterocycles. The number of H-pyrrole nitrogens is 1. The topological polar surface area (TPSA) is 84.0 Å². The van der Waals surface area contributed by atoms with Crippen molar-refractivity contribution in [3.63, 3.8) is 0 Å². The average molecular weight is 275 g/mol. The van der Waals surface area contributed by atoms with Gasteiger partial charge in [0.05, 0.1) is 11.2 Å². The molecular weight excluding hydrogens is 258 g/mol. The van der Waals surface area contributed by atoms with Crippen molar-refractivity contribution >= 4 is 17.1 Å². The van der Waals surface area contributed by atoms with Crippen molar-refractivity contribution in [2.75, 3.05) is 20.2 Å². The van der Waals surface area contributed by atoms with Gasteiger partial charge >= 0.3 is 0 Å². The maximum atomic E-state index is 12.5. The van der Waals surface area contributed by atoms with Crippen molar-refractivity contribution in [3.8, 4) is 0 Å². The molecule has 20 heavy (non-hydrogen) atoms. The second-order valence-electron chi connectivity index (χ2n) is 5.37. The van der Waals surface area contributed by atoms with E-state index in [1.165, 1.54) is 0 Å². The Morgan fingerprint density at radius 1 is 1.50 bits per heavy atom. The first-order valence-corrected chi connectivity index (χ1v) is 6.62. The van der Waals surface area contributed by atoms with Gasteiger partial charge in [-0.3, -0.25) is 4.79 Å². The average Bonchev–Trinajstić information content (AvgIpc) is 2.94. The number of piperidine rings is 1. The summed E-state index contributed by atoms with van der Waals surface area (Å²) >= 11 is 0. The highest BCUT2D eigenvalue weighted by Crippen LogP contribution is 2.25. The molecule has 1 amide bonds. The Morgan fingerprint density at radius 2 is 2.35 bits per heavy atom. The fourth-order valence-electron chi connectivity index (χ4n) is 2.59. The molecule has 3 heterocycles. The number of carbonyl (C=O) groups is 1. The number of pyridine rings is 1. The molecule has 1 aliphatic rings. The zero-order valence-electron chi connectivity index (χ0n) is 11.6. The highest BCUT2D eigenvalue weighted by atomic mass is 16.5. The number of rotatable bonds is 2. The summed E-state index contributed by atoms with van der Waals surface area (Å²) in [7, 11) is 1.69. The molecule has 3 rings (SSSR count). The second kappa shape index (κ2) is 4.82. The Labute approximate surface area is 116 Å². The maximum absolute atomic E-state index is 12.5. The van der Waals surface area contributed by atoms with Crippen LogP contribution in [-0.4, -0.2) is 57.0 Å². The summed E-state index contributed by atoms with van der Waals surface area (Å²) in [6.45, 7) is 3.37. The molecule has 1 saturated heterocycles. The number of likely N-dealkylation sites (tertiary alicyclic amines) is 1. The number of hydrogen-bond acceptors (Lipinski definition) is 5. The van der Waals surface area contributed by atoms with E-state index >= 15 is 0 Å². The summed E-state index contributed by atoms with van der Waals surface area (Å²) in [6.07, 6.45) is 3.45. The van der Waals surface area contributed by atoms with Crippen LogP contribution in [0.4, 0.5) is 0 Å². The molecule has 0 saturated carbocycles. The van der Waals surface area contributed by atoms with E-state index < -0.39 is 0 Å². The Kier molecular flexibility index (Phi) is 3.13. The van der Waals surface area contributed by atoms with Crippen LogP contribution in [0.2, 0.25) is 0 Å². The van der Waals surface area contributed by atoms with E-state index in [9.17, 15) is 4.79 Å². The van der Waals surface area contributed by atoms with Crippen LogP contribution >= 0.6 is 0 Å². The van der Waals surface area contributed by atoms with Crippen LogP contribution in [0, 0.1) is 0 Å². The smallest absolute Gasteiger partial charge is 0.255 e. The van der Waals surface area contributed by atoms with Crippen molar-refractivity contribution in [2.24, 2.45) is 0 Å². The summed E-state index contributed by atoms with van der Waals surface area (Å²) in [5.41, 5.74) is 1.38. The van der Waals surface area contributed by atoms with Crippen LogP contribution in [-0.2, 0) is 4.74 Å². The van der Waals surface area contributed by atoms with Gasteiger partial charge in [0, 0.05) is 26.4 Å². The number of amides is 1. The molecule has 1 unspecified atom stereocenters. The quantitative estimate of drug-likeness (QED) is 0.883. The van der Waals surface area contributed by atoms with E-state index in [4.69, 9.17) is 4.74 Å². The summed E-state index contributed by atoms with van der Waals surface area (Å²) in [6, 6.07) is 1.72. The van der Waals surface area contributed by atoms with Crippen LogP contribution in [0.3, 0.4) is 0 Å². The number of fused-ring (bicyclic) bond motifs is 1. The number of methoxy groups -OCH3 is 1. The van der Waals surface area contributed by atoms with Gasteiger partial charge < -0.3 is 9.64 Å². The molecule has 1 atom stereocenters. The number of nitrogens with one attached hydrogen (secondary N) is 1. The van der Waals surface area contributed by atoms with Gasteiger partial charge in [-0.25, -0.2) is 4.98 Å². The summed E-state index contributed by atoms with van der Waals surface area (Å²) in [4.78, 5) is 18.5. The fourth-order valence-corrected chi connectivity index (χ4v) is 2.59. The molecule has 0 radical (unpaired) electrons. The number of aromatic amines is 1. The Balaban J connectivity index is 1.84. The van der Waals surface area contributed by atoms with Crippen molar-refractivity contribution in [2.45, 2.75) is 25.4 Å². The molecule has 0 aromatic carbocycles. The molecule has 7 nitrogen and oxygen atoms in total. The minimum absolute atomic E-state index is 0.0367. The Bertz CT molecular complexity index is 640. The highest BCUT2D eigenvalue weighted by Gasteiger charge is 2.33. The van der Waals surface area contributed by atoms with Crippen LogP contribution in [0.1, 0.15) is 30.1 Å². The van der Waals surface area contributed by atoms with Gasteiger partial charge in [-0.15, -0.1) is 5.10 Å². The number of nitrogens with zero attached hydrogens (tertiary/aromatic N) is 4. The lowest BCUT2D eigenvalue weighted by Crippen LogP contribution is -2.49. The maximum Gasteiger partial charge on any atom is 0.255 e. The Morgan fingerprint density at radius 3 is 3.15 bits per heavy atom. The van der Waals surface area contributed by atoms with E-state index in [1.807, 2.05) is 11.8 Å².